The first-order valence-corrected chi connectivity index (χ1v) is 8.03. The summed E-state index contributed by atoms with van der Waals surface area (Å²) < 4.78 is 27.7. The molecule has 1 heterocycles. The number of nitrogens with zero attached hydrogens (tertiary/aromatic N) is 1. The van der Waals surface area contributed by atoms with E-state index in [0.717, 1.165) is 11.3 Å². The Morgan fingerprint density at radius 3 is 2.38 bits per heavy atom. The number of aryl methyl sites for hydroxylation is 3. The van der Waals surface area contributed by atoms with Gasteiger partial charge in [0, 0.05) is 11.4 Å². The summed E-state index contributed by atoms with van der Waals surface area (Å²) >= 11 is 0. The molecule has 0 atom stereocenters. The maximum absolute atomic E-state index is 12.6. The number of sulfonamides is 1. The minimum atomic E-state index is -3.72. The second-order valence-electron chi connectivity index (χ2n) is 5.15. The van der Waals surface area contributed by atoms with Crippen LogP contribution >= 0.6 is 0 Å². The van der Waals surface area contributed by atoms with E-state index in [2.05, 4.69) is 9.71 Å². The predicted octanol–water partition coefficient (Wildman–Crippen LogP) is 2.70. The van der Waals surface area contributed by atoms with Crippen molar-refractivity contribution < 1.29 is 8.42 Å². The minimum absolute atomic E-state index is 0.217. The van der Waals surface area contributed by atoms with Crippen LogP contribution < -0.4 is 10.5 Å². The number of nitrogens with two attached hydrogens (primary N) is 1. The third kappa shape index (κ3) is 3.00. The van der Waals surface area contributed by atoms with Crippen molar-refractivity contribution in [3.05, 3.63) is 46.6 Å². The van der Waals surface area contributed by atoms with Gasteiger partial charge in [-0.15, -0.1) is 0 Å². The quantitative estimate of drug-likeness (QED) is 0.854. The van der Waals surface area contributed by atoms with Crippen LogP contribution in [-0.4, -0.2) is 13.4 Å². The van der Waals surface area contributed by atoms with Gasteiger partial charge in [-0.3, -0.25) is 4.72 Å². The van der Waals surface area contributed by atoms with Crippen molar-refractivity contribution in [2.75, 3.05) is 10.5 Å². The molecule has 21 heavy (non-hydrogen) atoms. The van der Waals surface area contributed by atoms with Gasteiger partial charge >= 0.3 is 0 Å². The largest absolute Gasteiger partial charge is 0.398 e. The average Bonchev–Trinajstić information content (AvgIpc) is 2.35. The van der Waals surface area contributed by atoms with E-state index in [1.54, 1.807) is 45.0 Å². The van der Waals surface area contributed by atoms with Gasteiger partial charge in [0.15, 0.2) is 0 Å². The first kappa shape index (κ1) is 15.3. The topological polar surface area (TPSA) is 85.1 Å². The molecule has 0 amide bonds. The van der Waals surface area contributed by atoms with E-state index in [-0.39, 0.29) is 4.90 Å². The Balaban J connectivity index is 2.53. The molecule has 3 N–H and O–H groups in total. The van der Waals surface area contributed by atoms with E-state index >= 15 is 0 Å². The number of anilines is 2. The van der Waals surface area contributed by atoms with Crippen LogP contribution in [0, 0.1) is 27.7 Å². The molecule has 1 aromatic heterocycles. The Bertz CT molecular complexity index is 799. The number of pyridine rings is 1. The zero-order valence-electron chi connectivity index (χ0n) is 12.6. The van der Waals surface area contributed by atoms with Crippen molar-refractivity contribution in [1.29, 1.82) is 0 Å². The summed E-state index contributed by atoms with van der Waals surface area (Å²) in [6, 6.07) is 6.95. The monoisotopic (exact) mass is 305 g/mol. The second kappa shape index (κ2) is 5.37. The van der Waals surface area contributed by atoms with Gasteiger partial charge in [-0.1, -0.05) is 12.1 Å². The fourth-order valence-corrected chi connectivity index (χ4v) is 3.87. The molecular formula is C15H19N3O2S. The minimum Gasteiger partial charge on any atom is -0.398 e. The molecule has 0 radical (unpaired) electrons. The highest BCUT2D eigenvalue weighted by Crippen LogP contribution is 2.29. The Labute approximate surface area is 125 Å². The van der Waals surface area contributed by atoms with E-state index in [1.807, 2.05) is 6.92 Å². The maximum atomic E-state index is 12.6. The highest BCUT2D eigenvalue weighted by atomic mass is 32.2. The van der Waals surface area contributed by atoms with Gasteiger partial charge in [0.25, 0.3) is 10.0 Å². The molecule has 0 unspecified atom stereocenters. The summed E-state index contributed by atoms with van der Waals surface area (Å²) in [6.45, 7) is 7.14. The molecule has 0 aliphatic rings. The van der Waals surface area contributed by atoms with Crippen LogP contribution in [0.4, 0.5) is 11.5 Å². The summed E-state index contributed by atoms with van der Waals surface area (Å²) in [6.07, 6.45) is 0. The Kier molecular flexibility index (Phi) is 3.91. The van der Waals surface area contributed by atoms with Crippen LogP contribution in [0.15, 0.2) is 29.2 Å². The van der Waals surface area contributed by atoms with Gasteiger partial charge in [0.2, 0.25) is 0 Å². The zero-order valence-corrected chi connectivity index (χ0v) is 13.4. The fraction of sp³-hybridized carbons (Fsp3) is 0.267. The molecule has 0 aliphatic carbocycles. The molecule has 2 rings (SSSR count). The number of nitrogens with one attached hydrogen (secondary N) is 1. The van der Waals surface area contributed by atoms with Gasteiger partial charge in [-0.05, 0) is 56.5 Å². The molecule has 0 bridgehead atoms. The molecule has 0 spiro atoms. The van der Waals surface area contributed by atoms with Gasteiger partial charge in [0.1, 0.15) is 5.82 Å². The van der Waals surface area contributed by atoms with Crippen molar-refractivity contribution in [3.8, 4) is 0 Å². The molecule has 0 fully saturated rings. The van der Waals surface area contributed by atoms with Gasteiger partial charge in [-0.2, -0.15) is 0 Å². The van der Waals surface area contributed by atoms with Crippen molar-refractivity contribution in [3.63, 3.8) is 0 Å². The first-order chi connectivity index (χ1) is 9.72. The third-order valence-corrected chi connectivity index (χ3v) is 5.00. The SMILES string of the molecule is Cc1cccc(NS(=O)(=O)c2c(C)cc(C)c(N)c2C)n1. The summed E-state index contributed by atoms with van der Waals surface area (Å²) in [5.74, 6) is 0.299. The normalized spacial score (nSPS) is 11.4. The second-order valence-corrected chi connectivity index (χ2v) is 6.77. The lowest BCUT2D eigenvalue weighted by Gasteiger charge is -2.16. The van der Waals surface area contributed by atoms with Gasteiger partial charge in [-0.25, -0.2) is 13.4 Å². The third-order valence-electron chi connectivity index (χ3n) is 3.36. The maximum Gasteiger partial charge on any atom is 0.263 e. The average molecular weight is 305 g/mol. The zero-order chi connectivity index (χ0) is 15.8. The molecule has 0 aliphatic heterocycles. The number of hydrogen-bond acceptors (Lipinski definition) is 4. The molecule has 6 heteroatoms. The van der Waals surface area contributed by atoms with Gasteiger partial charge < -0.3 is 5.73 Å². The molecule has 0 saturated heterocycles. The van der Waals surface area contributed by atoms with Gasteiger partial charge in [0.05, 0.1) is 4.90 Å². The van der Waals surface area contributed by atoms with Crippen LogP contribution in [-0.2, 0) is 10.0 Å². The number of nitrogen functional groups attached to an aromatic ring is 1. The van der Waals surface area contributed by atoms with Crippen LogP contribution in [0.1, 0.15) is 22.4 Å². The lowest BCUT2D eigenvalue weighted by molar-refractivity contribution is 0.600. The molecular weight excluding hydrogens is 286 g/mol. The van der Waals surface area contributed by atoms with Crippen LogP contribution in [0.2, 0.25) is 0 Å². The number of hydrogen-bond donors (Lipinski definition) is 2. The van der Waals surface area contributed by atoms with Crippen LogP contribution in [0.5, 0.6) is 0 Å². The van der Waals surface area contributed by atoms with E-state index < -0.39 is 10.0 Å². The van der Waals surface area contributed by atoms with Crippen molar-refractivity contribution in [2.45, 2.75) is 32.6 Å². The van der Waals surface area contributed by atoms with E-state index in [9.17, 15) is 8.42 Å². The smallest absolute Gasteiger partial charge is 0.263 e. The lowest BCUT2D eigenvalue weighted by Crippen LogP contribution is -2.17. The summed E-state index contributed by atoms with van der Waals surface area (Å²) in [4.78, 5) is 4.38. The highest BCUT2D eigenvalue weighted by molar-refractivity contribution is 7.92. The molecule has 2 aromatic rings. The molecule has 112 valence electrons. The van der Waals surface area contributed by atoms with Crippen molar-refractivity contribution >= 4 is 21.5 Å². The standard InChI is InChI=1S/C15H19N3O2S/c1-9-8-10(2)15(12(4)14(9)16)21(19,20)18-13-7-5-6-11(3)17-13/h5-8H,16H2,1-4H3,(H,17,18). The fourth-order valence-electron chi connectivity index (χ4n) is 2.38. The van der Waals surface area contributed by atoms with Crippen molar-refractivity contribution in [2.24, 2.45) is 0 Å². The number of rotatable bonds is 3. The Morgan fingerprint density at radius 2 is 1.76 bits per heavy atom. The predicted molar refractivity (Wildman–Crippen MR) is 84.8 cm³/mol. The summed E-state index contributed by atoms with van der Waals surface area (Å²) in [5, 5.41) is 0. The van der Waals surface area contributed by atoms with E-state index in [0.29, 0.717) is 22.6 Å². The molecule has 5 nitrogen and oxygen atoms in total. The number of aromatic nitrogens is 1. The van der Waals surface area contributed by atoms with E-state index in [1.165, 1.54) is 0 Å². The lowest BCUT2D eigenvalue weighted by atomic mass is 10.1. The summed E-state index contributed by atoms with van der Waals surface area (Å²) in [5.41, 5.74) is 9.30. The Morgan fingerprint density at radius 1 is 1.10 bits per heavy atom. The number of benzene rings is 1. The molecule has 1 aromatic carbocycles. The highest BCUT2D eigenvalue weighted by Gasteiger charge is 2.22. The summed E-state index contributed by atoms with van der Waals surface area (Å²) in [7, 11) is -3.72. The van der Waals surface area contributed by atoms with Crippen molar-refractivity contribution in [1.82, 2.24) is 4.98 Å². The molecule has 0 saturated carbocycles. The van der Waals surface area contributed by atoms with Crippen LogP contribution in [0.3, 0.4) is 0 Å². The Hall–Kier alpha value is -2.08. The van der Waals surface area contributed by atoms with E-state index in [4.69, 9.17) is 5.73 Å². The first-order valence-electron chi connectivity index (χ1n) is 6.55. The van der Waals surface area contributed by atoms with Crippen LogP contribution in [0.25, 0.3) is 0 Å².